The Kier molecular flexibility index (Phi) is 3.11. The molecular formula is C12H14N2O2S. The van der Waals surface area contributed by atoms with Crippen LogP contribution in [0.25, 0.3) is 10.2 Å². The van der Waals surface area contributed by atoms with Crippen LogP contribution in [0.4, 0.5) is 0 Å². The minimum absolute atomic E-state index is 0.139. The zero-order valence-corrected chi connectivity index (χ0v) is 10.9. The number of hydrogen-bond donors (Lipinski definition) is 1. The zero-order chi connectivity index (χ0) is 12.6. The molecule has 0 bridgehead atoms. The fourth-order valence-electron chi connectivity index (χ4n) is 1.78. The predicted octanol–water partition coefficient (Wildman–Crippen LogP) is 2.96. The van der Waals surface area contributed by atoms with Gasteiger partial charge in [-0.2, -0.15) is 0 Å². The third-order valence-corrected chi connectivity index (χ3v) is 3.85. The monoisotopic (exact) mass is 250 g/mol. The Morgan fingerprint density at radius 1 is 1.35 bits per heavy atom. The molecule has 0 saturated carbocycles. The van der Waals surface area contributed by atoms with Gasteiger partial charge in [0.1, 0.15) is 10.7 Å². The van der Waals surface area contributed by atoms with E-state index in [2.05, 4.69) is 9.97 Å². The first-order chi connectivity index (χ1) is 8.04. The van der Waals surface area contributed by atoms with Gasteiger partial charge in [-0.1, -0.05) is 6.92 Å². The van der Waals surface area contributed by atoms with Crippen molar-refractivity contribution in [2.24, 2.45) is 0 Å². The van der Waals surface area contributed by atoms with Crippen molar-refractivity contribution in [3.63, 3.8) is 0 Å². The molecule has 0 radical (unpaired) electrons. The average molecular weight is 250 g/mol. The summed E-state index contributed by atoms with van der Waals surface area (Å²) in [5.41, 5.74) is 1.12. The standard InChI is InChI=1S/C12H14N2O2S/c1-4-5-8-13-10(12(15)16)9-6(2)7(3)17-11(9)14-8/h4-5H2,1-3H3,(H,15,16). The van der Waals surface area contributed by atoms with E-state index in [0.717, 1.165) is 21.7 Å². The van der Waals surface area contributed by atoms with Gasteiger partial charge in [0.15, 0.2) is 5.69 Å². The first kappa shape index (κ1) is 12.0. The molecule has 0 fully saturated rings. The second-order valence-electron chi connectivity index (χ2n) is 4.01. The van der Waals surface area contributed by atoms with Crippen molar-refractivity contribution in [3.05, 3.63) is 22.0 Å². The van der Waals surface area contributed by atoms with Gasteiger partial charge in [0.25, 0.3) is 0 Å². The molecule has 4 nitrogen and oxygen atoms in total. The number of hydrogen-bond acceptors (Lipinski definition) is 4. The Morgan fingerprint density at radius 2 is 2.06 bits per heavy atom. The molecule has 0 saturated heterocycles. The number of carbonyl (C=O) groups is 1. The number of nitrogens with zero attached hydrogens (tertiary/aromatic N) is 2. The number of aromatic carboxylic acids is 1. The van der Waals surface area contributed by atoms with Crippen molar-refractivity contribution in [1.29, 1.82) is 0 Å². The maximum Gasteiger partial charge on any atom is 0.355 e. The van der Waals surface area contributed by atoms with Crippen LogP contribution in [0.2, 0.25) is 0 Å². The molecule has 0 aliphatic carbocycles. The molecule has 1 N–H and O–H groups in total. The van der Waals surface area contributed by atoms with Crippen LogP contribution in [0.3, 0.4) is 0 Å². The van der Waals surface area contributed by atoms with E-state index >= 15 is 0 Å². The van der Waals surface area contributed by atoms with E-state index in [1.54, 1.807) is 0 Å². The molecule has 0 unspecified atom stereocenters. The highest BCUT2D eigenvalue weighted by atomic mass is 32.1. The minimum atomic E-state index is -0.976. The van der Waals surface area contributed by atoms with Crippen molar-refractivity contribution >= 4 is 27.5 Å². The van der Waals surface area contributed by atoms with E-state index in [4.69, 9.17) is 0 Å². The molecule has 2 rings (SSSR count). The van der Waals surface area contributed by atoms with Gasteiger partial charge in [0.2, 0.25) is 0 Å². The van der Waals surface area contributed by atoms with E-state index in [-0.39, 0.29) is 5.69 Å². The molecule has 0 spiro atoms. The third-order valence-electron chi connectivity index (χ3n) is 2.75. The van der Waals surface area contributed by atoms with E-state index < -0.39 is 5.97 Å². The van der Waals surface area contributed by atoms with Crippen molar-refractivity contribution in [2.45, 2.75) is 33.6 Å². The molecule has 0 aliphatic rings. The Balaban J connectivity index is 2.76. The van der Waals surface area contributed by atoms with Crippen LogP contribution < -0.4 is 0 Å². The van der Waals surface area contributed by atoms with Gasteiger partial charge in [0.05, 0.1) is 0 Å². The van der Waals surface area contributed by atoms with Crippen LogP contribution >= 0.6 is 11.3 Å². The normalized spacial score (nSPS) is 11.0. The number of rotatable bonds is 3. The van der Waals surface area contributed by atoms with Crippen LogP contribution in [0, 0.1) is 13.8 Å². The number of thiophene rings is 1. The maximum absolute atomic E-state index is 11.2. The van der Waals surface area contributed by atoms with Crippen LogP contribution in [-0.4, -0.2) is 21.0 Å². The van der Waals surface area contributed by atoms with Crippen molar-refractivity contribution in [3.8, 4) is 0 Å². The molecule has 5 heteroatoms. The molecule has 17 heavy (non-hydrogen) atoms. The molecule has 0 aromatic carbocycles. The lowest BCUT2D eigenvalue weighted by molar-refractivity contribution is 0.0692. The number of carboxylic acid groups (broad SMARTS) is 1. The highest BCUT2D eigenvalue weighted by molar-refractivity contribution is 7.18. The summed E-state index contributed by atoms with van der Waals surface area (Å²) in [5.74, 6) is -0.352. The summed E-state index contributed by atoms with van der Waals surface area (Å²) in [7, 11) is 0. The molecule has 0 amide bonds. The lowest BCUT2D eigenvalue weighted by atomic mass is 10.1. The maximum atomic E-state index is 11.2. The summed E-state index contributed by atoms with van der Waals surface area (Å²) in [6.07, 6.45) is 1.63. The van der Waals surface area contributed by atoms with Crippen LogP contribution in [0.1, 0.15) is 40.1 Å². The summed E-state index contributed by atoms with van der Waals surface area (Å²) in [6.45, 7) is 5.93. The van der Waals surface area contributed by atoms with Gasteiger partial charge in [-0.25, -0.2) is 14.8 Å². The number of aromatic nitrogens is 2. The van der Waals surface area contributed by atoms with Crippen LogP contribution in [0.15, 0.2) is 0 Å². The Bertz CT molecular complexity index is 590. The molecule has 2 aromatic heterocycles. The molecular weight excluding hydrogens is 236 g/mol. The van der Waals surface area contributed by atoms with Crippen molar-refractivity contribution < 1.29 is 9.90 Å². The second kappa shape index (κ2) is 4.41. The number of aryl methyl sites for hydroxylation is 3. The molecule has 90 valence electrons. The molecule has 0 aliphatic heterocycles. The SMILES string of the molecule is CCCc1nc(C(=O)O)c2c(C)c(C)sc2n1. The molecule has 2 aromatic rings. The van der Waals surface area contributed by atoms with E-state index in [1.807, 2.05) is 20.8 Å². The molecule has 2 heterocycles. The van der Waals surface area contributed by atoms with E-state index in [9.17, 15) is 9.90 Å². The lowest BCUT2D eigenvalue weighted by Gasteiger charge is -2.02. The summed E-state index contributed by atoms with van der Waals surface area (Å²) < 4.78 is 0. The topological polar surface area (TPSA) is 63.1 Å². The van der Waals surface area contributed by atoms with Crippen LogP contribution in [0.5, 0.6) is 0 Å². The summed E-state index contributed by atoms with van der Waals surface area (Å²) in [6, 6.07) is 0. The largest absolute Gasteiger partial charge is 0.476 e. The van der Waals surface area contributed by atoms with Crippen LogP contribution in [-0.2, 0) is 6.42 Å². The van der Waals surface area contributed by atoms with Gasteiger partial charge in [-0.3, -0.25) is 0 Å². The zero-order valence-electron chi connectivity index (χ0n) is 10.1. The smallest absolute Gasteiger partial charge is 0.355 e. The minimum Gasteiger partial charge on any atom is -0.476 e. The fraction of sp³-hybridized carbons (Fsp3) is 0.417. The summed E-state index contributed by atoms with van der Waals surface area (Å²) in [4.78, 5) is 21.7. The lowest BCUT2D eigenvalue weighted by Crippen LogP contribution is -2.06. The predicted molar refractivity (Wildman–Crippen MR) is 67.8 cm³/mol. The van der Waals surface area contributed by atoms with E-state index in [0.29, 0.717) is 17.6 Å². The summed E-state index contributed by atoms with van der Waals surface area (Å²) >= 11 is 1.54. The van der Waals surface area contributed by atoms with Gasteiger partial charge in [-0.05, 0) is 25.8 Å². The van der Waals surface area contributed by atoms with Gasteiger partial charge in [0, 0.05) is 16.7 Å². The second-order valence-corrected chi connectivity index (χ2v) is 5.21. The van der Waals surface area contributed by atoms with Crippen molar-refractivity contribution in [1.82, 2.24) is 9.97 Å². The van der Waals surface area contributed by atoms with Crippen molar-refractivity contribution in [2.75, 3.05) is 0 Å². The number of carboxylic acids is 1. The Morgan fingerprint density at radius 3 is 2.65 bits per heavy atom. The third kappa shape index (κ3) is 2.02. The fourth-order valence-corrected chi connectivity index (χ4v) is 2.83. The highest BCUT2D eigenvalue weighted by Crippen LogP contribution is 2.30. The van der Waals surface area contributed by atoms with Gasteiger partial charge >= 0.3 is 5.97 Å². The quantitative estimate of drug-likeness (QED) is 0.909. The first-order valence-electron chi connectivity index (χ1n) is 5.54. The van der Waals surface area contributed by atoms with Gasteiger partial charge < -0.3 is 5.11 Å². The van der Waals surface area contributed by atoms with Gasteiger partial charge in [-0.15, -0.1) is 11.3 Å². The number of fused-ring (bicyclic) bond motifs is 1. The Labute approximate surface area is 103 Å². The Hall–Kier alpha value is -1.49. The summed E-state index contributed by atoms with van der Waals surface area (Å²) in [5, 5.41) is 9.92. The highest BCUT2D eigenvalue weighted by Gasteiger charge is 2.18. The first-order valence-corrected chi connectivity index (χ1v) is 6.36. The molecule has 0 atom stereocenters. The van der Waals surface area contributed by atoms with E-state index in [1.165, 1.54) is 11.3 Å². The average Bonchev–Trinajstić information content (AvgIpc) is 2.54.